The molecular weight excluding hydrogens is 98.1 g/mol. The molecule has 0 unspecified atom stereocenters. The largest absolute Gasteiger partial charge is 0.309 e. The smallest absolute Gasteiger partial charge is 0.0208 e. The van der Waals surface area contributed by atoms with Gasteiger partial charge in [0, 0.05) is 13.1 Å². The highest BCUT2D eigenvalue weighted by molar-refractivity contribution is 5.34. The molecule has 1 rings (SSSR count). The van der Waals surface area contributed by atoms with Crippen LogP contribution in [0.1, 0.15) is 6.92 Å². The fraction of sp³-hybridized carbons (Fsp3) is 0.429. The van der Waals surface area contributed by atoms with Crippen molar-refractivity contribution in [2.24, 2.45) is 0 Å². The van der Waals surface area contributed by atoms with Crippen molar-refractivity contribution in [3.63, 3.8) is 0 Å². The molecule has 1 aliphatic heterocycles. The summed E-state index contributed by atoms with van der Waals surface area (Å²) in [7, 11) is 0. The fourth-order valence-corrected chi connectivity index (χ4v) is 0.893. The zero-order chi connectivity index (χ0) is 5.98. The van der Waals surface area contributed by atoms with E-state index in [0.29, 0.717) is 0 Å². The van der Waals surface area contributed by atoms with E-state index in [1.807, 2.05) is 6.92 Å². The van der Waals surface area contributed by atoms with Crippen LogP contribution in [0.15, 0.2) is 23.8 Å². The van der Waals surface area contributed by atoms with Gasteiger partial charge < -0.3 is 5.32 Å². The normalized spacial score (nSPS) is 25.1. The molecule has 1 nitrogen and oxygen atoms in total. The molecule has 0 saturated carbocycles. The van der Waals surface area contributed by atoms with Gasteiger partial charge in [-0.25, -0.2) is 0 Å². The van der Waals surface area contributed by atoms with E-state index in [2.05, 4.69) is 18.0 Å². The minimum absolute atomic E-state index is 0.972. The average molecular weight is 109 g/mol. The Morgan fingerprint density at radius 3 is 2.62 bits per heavy atom. The van der Waals surface area contributed by atoms with Crippen molar-refractivity contribution in [1.29, 1.82) is 0 Å². The topological polar surface area (TPSA) is 12.0 Å². The average Bonchev–Trinajstić information content (AvgIpc) is 2.14. The molecule has 0 aromatic rings. The third-order valence-corrected chi connectivity index (χ3v) is 1.46. The van der Waals surface area contributed by atoms with E-state index in [9.17, 15) is 0 Å². The van der Waals surface area contributed by atoms with Crippen LogP contribution in [-0.2, 0) is 0 Å². The lowest BCUT2D eigenvalue weighted by Crippen LogP contribution is -2.04. The highest BCUT2D eigenvalue weighted by Gasteiger charge is 2.07. The molecule has 0 aliphatic carbocycles. The van der Waals surface area contributed by atoms with Crippen LogP contribution in [0.25, 0.3) is 0 Å². The third-order valence-electron chi connectivity index (χ3n) is 1.46. The van der Waals surface area contributed by atoms with E-state index < -0.39 is 0 Å². The van der Waals surface area contributed by atoms with E-state index in [1.54, 1.807) is 0 Å². The quantitative estimate of drug-likeness (QED) is 0.491. The first-order valence-corrected chi connectivity index (χ1v) is 2.88. The summed E-state index contributed by atoms with van der Waals surface area (Å²) < 4.78 is 0. The molecule has 1 heteroatoms. The Morgan fingerprint density at radius 2 is 2.38 bits per heavy atom. The molecule has 0 aromatic carbocycles. The maximum absolute atomic E-state index is 3.88. The second-order valence-corrected chi connectivity index (χ2v) is 2.02. The molecule has 0 bridgehead atoms. The van der Waals surface area contributed by atoms with Gasteiger partial charge in [0.25, 0.3) is 0 Å². The van der Waals surface area contributed by atoms with Crippen molar-refractivity contribution in [3.05, 3.63) is 23.8 Å². The van der Waals surface area contributed by atoms with Crippen molar-refractivity contribution in [1.82, 2.24) is 5.32 Å². The maximum Gasteiger partial charge on any atom is 0.0208 e. The fourth-order valence-electron chi connectivity index (χ4n) is 0.893. The van der Waals surface area contributed by atoms with E-state index in [1.165, 1.54) is 11.1 Å². The first-order chi connectivity index (χ1) is 3.84. The van der Waals surface area contributed by atoms with Gasteiger partial charge in [0.1, 0.15) is 0 Å². The van der Waals surface area contributed by atoms with Crippen LogP contribution in [0.3, 0.4) is 0 Å². The van der Waals surface area contributed by atoms with Crippen molar-refractivity contribution < 1.29 is 0 Å². The lowest BCUT2D eigenvalue weighted by Gasteiger charge is -1.89. The van der Waals surface area contributed by atoms with E-state index in [0.717, 1.165) is 13.1 Å². The summed E-state index contributed by atoms with van der Waals surface area (Å²) in [6, 6.07) is 0. The van der Waals surface area contributed by atoms with Gasteiger partial charge in [-0.1, -0.05) is 12.7 Å². The molecule has 1 saturated heterocycles. The Balaban J connectivity index is 2.69. The lowest BCUT2D eigenvalue weighted by atomic mass is 10.2. The molecule has 0 aromatic heterocycles. The zero-order valence-corrected chi connectivity index (χ0v) is 5.20. The van der Waals surface area contributed by atoms with Gasteiger partial charge in [-0.05, 0) is 18.1 Å². The van der Waals surface area contributed by atoms with Crippen LogP contribution < -0.4 is 5.32 Å². The molecule has 0 spiro atoms. The summed E-state index contributed by atoms with van der Waals surface area (Å²) in [6.07, 6.45) is 2.11. The van der Waals surface area contributed by atoms with Crippen LogP contribution in [0.5, 0.6) is 0 Å². The van der Waals surface area contributed by atoms with Crippen LogP contribution in [0.4, 0.5) is 0 Å². The molecule has 0 atom stereocenters. The van der Waals surface area contributed by atoms with Gasteiger partial charge in [-0.3, -0.25) is 0 Å². The number of allylic oxidation sites excluding steroid dienone is 1. The zero-order valence-electron chi connectivity index (χ0n) is 5.20. The Kier molecular flexibility index (Phi) is 1.49. The molecule has 1 N–H and O–H groups in total. The standard InChI is InChI=1S/C7H11N/c1-3-7-5-8-4-6(7)2/h3,8H,2,4-5H2,1H3/b7-3+. The van der Waals surface area contributed by atoms with E-state index >= 15 is 0 Å². The number of hydrogen-bond donors (Lipinski definition) is 1. The molecule has 44 valence electrons. The van der Waals surface area contributed by atoms with Crippen LogP contribution in [0, 0.1) is 0 Å². The molecule has 1 fully saturated rings. The van der Waals surface area contributed by atoms with Gasteiger partial charge in [0.15, 0.2) is 0 Å². The maximum atomic E-state index is 3.88. The predicted octanol–water partition coefficient (Wildman–Crippen LogP) is 1.09. The van der Waals surface area contributed by atoms with Crippen molar-refractivity contribution in [2.45, 2.75) is 6.92 Å². The Bertz CT molecular complexity index is 133. The lowest BCUT2D eigenvalue weighted by molar-refractivity contribution is 0.895. The monoisotopic (exact) mass is 109 g/mol. The summed E-state index contributed by atoms with van der Waals surface area (Å²) >= 11 is 0. The number of rotatable bonds is 0. The van der Waals surface area contributed by atoms with Gasteiger partial charge in [0.2, 0.25) is 0 Å². The molecule has 8 heavy (non-hydrogen) atoms. The Morgan fingerprint density at radius 1 is 1.62 bits per heavy atom. The van der Waals surface area contributed by atoms with E-state index in [-0.39, 0.29) is 0 Å². The Hall–Kier alpha value is -0.560. The van der Waals surface area contributed by atoms with Crippen molar-refractivity contribution in [3.8, 4) is 0 Å². The summed E-state index contributed by atoms with van der Waals surface area (Å²) in [5, 5.41) is 3.21. The van der Waals surface area contributed by atoms with E-state index in [4.69, 9.17) is 0 Å². The predicted molar refractivity (Wildman–Crippen MR) is 35.8 cm³/mol. The first-order valence-electron chi connectivity index (χ1n) is 2.88. The summed E-state index contributed by atoms with van der Waals surface area (Å²) in [4.78, 5) is 0. The van der Waals surface area contributed by atoms with Crippen LogP contribution >= 0.6 is 0 Å². The summed E-state index contributed by atoms with van der Waals surface area (Å²) in [5.74, 6) is 0. The van der Waals surface area contributed by atoms with Crippen molar-refractivity contribution in [2.75, 3.05) is 13.1 Å². The molecule has 1 heterocycles. The minimum Gasteiger partial charge on any atom is -0.309 e. The molecule has 0 amide bonds. The highest BCUT2D eigenvalue weighted by Crippen LogP contribution is 2.10. The second kappa shape index (κ2) is 2.14. The minimum atomic E-state index is 0.972. The van der Waals surface area contributed by atoms with Gasteiger partial charge in [0.05, 0.1) is 0 Å². The van der Waals surface area contributed by atoms with Crippen molar-refractivity contribution >= 4 is 0 Å². The molecule has 1 aliphatic rings. The summed E-state index contributed by atoms with van der Waals surface area (Å²) in [6.45, 7) is 7.91. The molecule has 0 radical (unpaired) electrons. The number of nitrogens with one attached hydrogen (secondary N) is 1. The number of hydrogen-bond acceptors (Lipinski definition) is 1. The highest BCUT2D eigenvalue weighted by atomic mass is 14.9. The molecular formula is C7H11N. The second-order valence-electron chi connectivity index (χ2n) is 2.02. The van der Waals surface area contributed by atoms with Crippen LogP contribution in [0.2, 0.25) is 0 Å². The Labute approximate surface area is 50.1 Å². The van der Waals surface area contributed by atoms with Gasteiger partial charge in [-0.2, -0.15) is 0 Å². The van der Waals surface area contributed by atoms with Gasteiger partial charge in [-0.15, -0.1) is 0 Å². The van der Waals surface area contributed by atoms with Crippen LogP contribution in [-0.4, -0.2) is 13.1 Å². The van der Waals surface area contributed by atoms with Gasteiger partial charge >= 0.3 is 0 Å². The first kappa shape index (κ1) is 5.57. The summed E-state index contributed by atoms with van der Waals surface area (Å²) in [5.41, 5.74) is 2.61. The third kappa shape index (κ3) is 0.819. The SMILES string of the molecule is C=C1CNC/C1=C\C.